The molecule has 0 saturated carbocycles. The zero-order valence-electron chi connectivity index (χ0n) is 13.6. The number of hydrogen-bond acceptors (Lipinski definition) is 4. The highest BCUT2D eigenvalue weighted by Gasteiger charge is 2.17. The molecule has 6 nitrogen and oxygen atoms in total. The molecule has 2 aromatic rings. The van der Waals surface area contributed by atoms with Gasteiger partial charge in [0.15, 0.2) is 0 Å². The first-order valence-electron chi connectivity index (χ1n) is 7.41. The van der Waals surface area contributed by atoms with Crippen LogP contribution in [0.5, 0.6) is 5.75 Å². The third-order valence-corrected chi connectivity index (χ3v) is 3.83. The van der Waals surface area contributed by atoms with Crippen LogP contribution in [0.15, 0.2) is 47.5 Å². The lowest BCUT2D eigenvalue weighted by Crippen LogP contribution is -2.40. The van der Waals surface area contributed by atoms with Crippen LogP contribution in [0.3, 0.4) is 0 Å². The number of likely N-dealkylation sites (N-methyl/N-ethyl adjacent to an activating group) is 1. The van der Waals surface area contributed by atoms with Crippen molar-refractivity contribution in [1.82, 2.24) is 14.5 Å². The summed E-state index contributed by atoms with van der Waals surface area (Å²) in [6.45, 7) is 1.98. The summed E-state index contributed by atoms with van der Waals surface area (Å²) in [4.78, 5) is 29.2. The predicted molar refractivity (Wildman–Crippen MR) is 87.4 cm³/mol. The van der Waals surface area contributed by atoms with Crippen molar-refractivity contribution in [2.24, 2.45) is 0 Å². The van der Waals surface area contributed by atoms with Crippen LogP contribution in [0.1, 0.15) is 12.5 Å². The molecule has 0 spiro atoms. The molecule has 0 N–H and O–H groups in total. The minimum absolute atomic E-state index is 0.00384. The van der Waals surface area contributed by atoms with E-state index >= 15 is 0 Å². The average Bonchev–Trinajstić information content (AvgIpc) is 2.56. The van der Waals surface area contributed by atoms with Gasteiger partial charge in [-0.25, -0.2) is 9.78 Å². The third-order valence-electron chi connectivity index (χ3n) is 3.83. The second kappa shape index (κ2) is 7.58. The summed E-state index contributed by atoms with van der Waals surface area (Å²) >= 11 is 0. The Morgan fingerprint density at radius 3 is 2.65 bits per heavy atom. The molecule has 2 rings (SSSR count). The molecular weight excluding hydrogens is 294 g/mol. The number of hydrogen-bond donors (Lipinski definition) is 0. The van der Waals surface area contributed by atoms with Gasteiger partial charge in [-0.05, 0) is 37.1 Å². The summed E-state index contributed by atoms with van der Waals surface area (Å²) in [5, 5.41) is 0. The van der Waals surface area contributed by atoms with Gasteiger partial charge in [-0.15, -0.1) is 0 Å². The van der Waals surface area contributed by atoms with Gasteiger partial charge < -0.3 is 9.64 Å². The zero-order chi connectivity index (χ0) is 16.8. The number of aromatic nitrogens is 2. The molecule has 0 bridgehead atoms. The first kappa shape index (κ1) is 16.7. The quantitative estimate of drug-likeness (QED) is 0.807. The number of benzene rings is 1. The van der Waals surface area contributed by atoms with Crippen LogP contribution in [0, 0.1) is 0 Å². The highest BCUT2D eigenvalue weighted by molar-refractivity contribution is 5.76. The molecule has 23 heavy (non-hydrogen) atoms. The van der Waals surface area contributed by atoms with Gasteiger partial charge in [-0.2, -0.15) is 0 Å². The first-order valence-corrected chi connectivity index (χ1v) is 7.41. The third kappa shape index (κ3) is 4.42. The molecule has 0 fully saturated rings. The average molecular weight is 315 g/mol. The van der Waals surface area contributed by atoms with Crippen LogP contribution >= 0.6 is 0 Å². The molecule has 122 valence electrons. The molecule has 0 radical (unpaired) electrons. The highest BCUT2D eigenvalue weighted by Crippen LogP contribution is 2.14. The Kier molecular flexibility index (Phi) is 5.51. The Balaban J connectivity index is 1.98. The molecule has 0 aliphatic rings. The summed E-state index contributed by atoms with van der Waals surface area (Å²) < 4.78 is 6.44. The monoisotopic (exact) mass is 315 g/mol. The molecular formula is C17H21N3O3. The van der Waals surface area contributed by atoms with Crippen LogP contribution in [0.25, 0.3) is 0 Å². The van der Waals surface area contributed by atoms with Crippen LogP contribution in [0.4, 0.5) is 0 Å². The molecule has 1 atom stereocenters. The fraction of sp³-hybridized carbons (Fsp3) is 0.353. The Labute approximate surface area is 135 Å². The molecule has 1 unspecified atom stereocenters. The van der Waals surface area contributed by atoms with Crippen molar-refractivity contribution in [3.63, 3.8) is 0 Å². The number of carbonyl (C=O) groups is 1. The molecule has 1 aromatic carbocycles. The van der Waals surface area contributed by atoms with Gasteiger partial charge >= 0.3 is 5.69 Å². The number of methoxy groups -OCH3 is 1. The van der Waals surface area contributed by atoms with Crippen molar-refractivity contribution < 1.29 is 9.53 Å². The molecule has 6 heteroatoms. The van der Waals surface area contributed by atoms with Gasteiger partial charge in [0.1, 0.15) is 12.3 Å². The fourth-order valence-electron chi connectivity index (χ4n) is 2.25. The van der Waals surface area contributed by atoms with Crippen molar-refractivity contribution in [2.45, 2.75) is 25.9 Å². The normalized spacial score (nSPS) is 11.8. The second-order valence-electron chi connectivity index (χ2n) is 5.44. The maximum Gasteiger partial charge on any atom is 0.347 e. The fourth-order valence-corrected chi connectivity index (χ4v) is 2.25. The van der Waals surface area contributed by atoms with Gasteiger partial charge in [-0.1, -0.05) is 12.1 Å². The summed E-state index contributed by atoms with van der Waals surface area (Å²) in [5.41, 5.74) is 0.702. The van der Waals surface area contributed by atoms with Crippen molar-refractivity contribution in [2.75, 3.05) is 14.2 Å². The van der Waals surface area contributed by atoms with Gasteiger partial charge in [0.2, 0.25) is 5.91 Å². The van der Waals surface area contributed by atoms with E-state index in [1.165, 1.54) is 10.8 Å². The largest absolute Gasteiger partial charge is 0.497 e. The Bertz CT molecular complexity index is 710. The van der Waals surface area contributed by atoms with Gasteiger partial charge in [0.25, 0.3) is 0 Å². The van der Waals surface area contributed by atoms with Crippen LogP contribution in [-0.4, -0.2) is 40.6 Å². The van der Waals surface area contributed by atoms with E-state index < -0.39 is 5.69 Å². The molecule has 1 aromatic heterocycles. The maximum atomic E-state index is 12.3. The lowest BCUT2D eigenvalue weighted by molar-refractivity contribution is -0.132. The Hall–Kier alpha value is -2.63. The molecule has 1 amide bonds. The second-order valence-corrected chi connectivity index (χ2v) is 5.44. The molecule has 0 aliphatic carbocycles. The number of nitrogens with zero attached hydrogens (tertiary/aromatic N) is 3. The number of amides is 1. The van der Waals surface area contributed by atoms with E-state index in [1.54, 1.807) is 31.3 Å². The Morgan fingerprint density at radius 1 is 1.35 bits per heavy atom. The SMILES string of the molecule is COc1ccc(CC(C)N(C)C(=O)Cn2cccnc2=O)cc1. The zero-order valence-corrected chi connectivity index (χ0v) is 13.6. The standard InChI is InChI=1S/C17H21N3O3/c1-13(11-14-5-7-15(23-3)8-6-14)19(2)16(21)12-20-10-4-9-18-17(20)22/h4-10,13H,11-12H2,1-3H3. The lowest BCUT2D eigenvalue weighted by atomic mass is 10.1. The van der Waals surface area contributed by atoms with Crippen molar-refractivity contribution in [3.05, 3.63) is 58.8 Å². The van der Waals surface area contributed by atoms with Crippen LogP contribution < -0.4 is 10.4 Å². The minimum atomic E-state index is -0.419. The van der Waals surface area contributed by atoms with Gasteiger partial charge in [0.05, 0.1) is 7.11 Å². The van der Waals surface area contributed by atoms with Crippen molar-refractivity contribution in [1.29, 1.82) is 0 Å². The maximum absolute atomic E-state index is 12.3. The van der Waals surface area contributed by atoms with Gasteiger partial charge in [0, 0.05) is 25.5 Å². The van der Waals surface area contributed by atoms with E-state index in [9.17, 15) is 9.59 Å². The van der Waals surface area contributed by atoms with Crippen molar-refractivity contribution in [3.8, 4) is 5.75 Å². The van der Waals surface area contributed by atoms with E-state index in [0.29, 0.717) is 0 Å². The van der Waals surface area contributed by atoms with E-state index in [2.05, 4.69) is 4.98 Å². The summed E-state index contributed by atoms with van der Waals surface area (Å²) in [6.07, 6.45) is 3.71. The van der Waals surface area contributed by atoms with Crippen LogP contribution in [0.2, 0.25) is 0 Å². The molecule has 1 heterocycles. The van der Waals surface area contributed by atoms with Gasteiger partial charge in [-0.3, -0.25) is 9.36 Å². The minimum Gasteiger partial charge on any atom is -0.497 e. The summed E-state index contributed by atoms with van der Waals surface area (Å²) in [6, 6.07) is 9.43. The van der Waals surface area contributed by atoms with E-state index in [0.717, 1.165) is 17.7 Å². The molecule has 0 aliphatic heterocycles. The number of rotatable bonds is 6. The number of ether oxygens (including phenoxy) is 1. The van der Waals surface area contributed by atoms with Crippen molar-refractivity contribution >= 4 is 5.91 Å². The first-order chi connectivity index (χ1) is 11.0. The molecule has 0 saturated heterocycles. The predicted octanol–water partition coefficient (Wildman–Crippen LogP) is 1.34. The summed E-state index contributed by atoms with van der Waals surface area (Å²) in [7, 11) is 3.38. The highest BCUT2D eigenvalue weighted by atomic mass is 16.5. The van der Waals surface area contributed by atoms with E-state index in [4.69, 9.17) is 4.74 Å². The topological polar surface area (TPSA) is 64.4 Å². The van der Waals surface area contributed by atoms with E-state index in [1.807, 2.05) is 31.2 Å². The number of carbonyl (C=O) groups excluding carboxylic acids is 1. The van der Waals surface area contributed by atoms with Crippen LogP contribution in [-0.2, 0) is 17.8 Å². The lowest BCUT2D eigenvalue weighted by Gasteiger charge is -2.25. The van der Waals surface area contributed by atoms with E-state index in [-0.39, 0.29) is 18.5 Å². The summed E-state index contributed by atoms with van der Waals surface area (Å²) in [5.74, 6) is 0.683. The Morgan fingerprint density at radius 2 is 2.04 bits per heavy atom. The smallest absolute Gasteiger partial charge is 0.347 e.